The first-order chi connectivity index (χ1) is 9.24. The fraction of sp³-hybridized carbons (Fsp3) is 0.727. The average Bonchev–Trinajstić information content (AvgIpc) is 2.32. The highest BCUT2D eigenvalue weighted by Crippen LogP contribution is 2.19. The molecule has 8 nitrogen and oxygen atoms in total. The van der Waals surface area contributed by atoms with Gasteiger partial charge in [-0.15, -0.1) is 0 Å². The van der Waals surface area contributed by atoms with Crippen LogP contribution in [0.3, 0.4) is 0 Å². The van der Waals surface area contributed by atoms with E-state index in [4.69, 9.17) is 10.8 Å². The molecule has 20 heavy (non-hydrogen) atoms. The average molecular weight is 306 g/mol. The van der Waals surface area contributed by atoms with Gasteiger partial charge < -0.3 is 16.2 Å². The maximum atomic E-state index is 11.9. The van der Waals surface area contributed by atoms with Crippen molar-refractivity contribution >= 4 is 27.6 Å². The van der Waals surface area contributed by atoms with Gasteiger partial charge in [-0.3, -0.25) is 9.59 Å². The van der Waals surface area contributed by atoms with Crippen molar-refractivity contribution < 1.29 is 27.9 Å². The predicted molar refractivity (Wildman–Crippen MR) is 69.4 cm³/mol. The van der Waals surface area contributed by atoms with Crippen molar-refractivity contribution in [1.29, 1.82) is 0 Å². The lowest BCUT2D eigenvalue weighted by Gasteiger charge is -2.23. The van der Waals surface area contributed by atoms with Gasteiger partial charge in [0.05, 0.1) is 5.75 Å². The smallest absolute Gasteiger partial charge is 0.326 e. The second kappa shape index (κ2) is 6.69. The topological polar surface area (TPSA) is 144 Å². The number of carbonyl (C=O) groups is 3. The molecule has 114 valence electrons. The number of amides is 2. The Balaban J connectivity index is 2.70. The second-order valence-electron chi connectivity index (χ2n) is 4.76. The summed E-state index contributed by atoms with van der Waals surface area (Å²) >= 11 is 0. The molecule has 0 radical (unpaired) electrons. The van der Waals surface area contributed by atoms with Gasteiger partial charge in [-0.2, -0.15) is 0 Å². The van der Waals surface area contributed by atoms with Crippen LogP contribution in [-0.4, -0.2) is 48.4 Å². The largest absolute Gasteiger partial charge is 0.480 e. The van der Waals surface area contributed by atoms with Gasteiger partial charge in [0.2, 0.25) is 11.8 Å². The summed E-state index contributed by atoms with van der Waals surface area (Å²) in [5, 5.41) is 9.92. The molecule has 1 rings (SSSR count). The third kappa shape index (κ3) is 4.48. The number of hydrogen-bond acceptors (Lipinski definition) is 5. The lowest BCUT2D eigenvalue weighted by atomic mass is 10.1. The predicted octanol–water partition coefficient (Wildman–Crippen LogP) is -1.21. The van der Waals surface area contributed by atoms with Gasteiger partial charge in [-0.25, -0.2) is 13.2 Å². The Labute approximate surface area is 116 Å². The molecule has 1 aliphatic heterocycles. The first-order valence-corrected chi connectivity index (χ1v) is 7.98. The lowest BCUT2D eigenvalue weighted by Crippen LogP contribution is -2.49. The third-order valence-corrected chi connectivity index (χ3v) is 5.34. The Morgan fingerprint density at radius 3 is 2.45 bits per heavy atom. The summed E-state index contributed by atoms with van der Waals surface area (Å²) in [4.78, 5) is 33.5. The molecule has 0 aliphatic carbocycles. The van der Waals surface area contributed by atoms with E-state index in [1.54, 1.807) is 0 Å². The molecule has 0 aromatic rings. The van der Waals surface area contributed by atoms with Gasteiger partial charge in [-0.1, -0.05) is 6.42 Å². The minimum absolute atomic E-state index is 0.0654. The molecule has 0 aromatic carbocycles. The minimum atomic E-state index is -3.52. The van der Waals surface area contributed by atoms with Crippen molar-refractivity contribution in [2.24, 2.45) is 5.73 Å². The maximum absolute atomic E-state index is 11.9. The molecule has 0 spiro atoms. The summed E-state index contributed by atoms with van der Waals surface area (Å²) in [5.41, 5.74) is 4.92. The van der Waals surface area contributed by atoms with Crippen molar-refractivity contribution in [3.05, 3.63) is 0 Å². The number of nitrogens with two attached hydrogens (primary N) is 1. The number of primary amides is 1. The second-order valence-corrected chi connectivity index (χ2v) is 7.06. The van der Waals surface area contributed by atoms with Crippen molar-refractivity contribution in [2.75, 3.05) is 5.75 Å². The number of hydrogen-bond donors (Lipinski definition) is 3. The van der Waals surface area contributed by atoms with E-state index in [0.29, 0.717) is 12.8 Å². The molecule has 1 fully saturated rings. The van der Waals surface area contributed by atoms with Crippen LogP contribution in [-0.2, 0) is 24.2 Å². The van der Waals surface area contributed by atoms with Crippen molar-refractivity contribution in [1.82, 2.24) is 5.32 Å². The zero-order chi connectivity index (χ0) is 15.3. The number of aliphatic carboxylic acids is 1. The van der Waals surface area contributed by atoms with Crippen LogP contribution in [0.5, 0.6) is 0 Å². The van der Waals surface area contributed by atoms with E-state index in [1.807, 2.05) is 0 Å². The van der Waals surface area contributed by atoms with Crippen molar-refractivity contribution in [3.8, 4) is 0 Å². The third-order valence-electron chi connectivity index (χ3n) is 3.17. The SMILES string of the molecule is NC(=O)CCC(NC(=O)C1CCCCS1(=O)=O)C(=O)O. The zero-order valence-corrected chi connectivity index (χ0v) is 11.7. The molecule has 1 aliphatic rings. The number of carbonyl (C=O) groups excluding carboxylic acids is 2. The van der Waals surface area contributed by atoms with E-state index in [1.165, 1.54) is 0 Å². The molecule has 2 unspecified atom stereocenters. The van der Waals surface area contributed by atoms with E-state index in [-0.39, 0.29) is 25.0 Å². The van der Waals surface area contributed by atoms with Gasteiger partial charge in [0.15, 0.2) is 9.84 Å². The van der Waals surface area contributed by atoms with Gasteiger partial charge in [0, 0.05) is 6.42 Å². The highest BCUT2D eigenvalue weighted by Gasteiger charge is 2.36. The number of carboxylic acid groups (broad SMARTS) is 1. The molecule has 1 saturated heterocycles. The minimum Gasteiger partial charge on any atom is -0.480 e. The van der Waals surface area contributed by atoms with Crippen LogP contribution in [0.25, 0.3) is 0 Å². The quantitative estimate of drug-likeness (QED) is 0.561. The summed E-state index contributed by atoms with van der Waals surface area (Å²) < 4.78 is 23.5. The van der Waals surface area contributed by atoms with Crippen LogP contribution in [0.1, 0.15) is 32.1 Å². The van der Waals surface area contributed by atoms with Gasteiger partial charge in [0.25, 0.3) is 0 Å². The fourth-order valence-electron chi connectivity index (χ4n) is 2.06. The summed E-state index contributed by atoms with van der Waals surface area (Å²) in [5.74, 6) is -2.89. The number of nitrogens with one attached hydrogen (secondary N) is 1. The van der Waals surface area contributed by atoms with E-state index < -0.39 is 38.9 Å². The maximum Gasteiger partial charge on any atom is 0.326 e. The molecule has 2 amide bonds. The van der Waals surface area contributed by atoms with Gasteiger partial charge in [0.1, 0.15) is 11.3 Å². The van der Waals surface area contributed by atoms with Crippen molar-refractivity contribution in [2.45, 2.75) is 43.4 Å². The lowest BCUT2D eigenvalue weighted by molar-refractivity contribution is -0.142. The summed E-state index contributed by atoms with van der Waals surface area (Å²) in [6, 6.07) is -1.31. The van der Waals surface area contributed by atoms with E-state index in [2.05, 4.69) is 5.32 Å². The summed E-state index contributed by atoms with van der Waals surface area (Å²) in [6.07, 6.45) is 0.945. The molecular weight excluding hydrogens is 288 g/mol. The number of sulfone groups is 1. The van der Waals surface area contributed by atoms with Crippen LogP contribution in [0.2, 0.25) is 0 Å². The normalized spacial score (nSPS) is 22.7. The van der Waals surface area contributed by atoms with Crippen LogP contribution in [0.15, 0.2) is 0 Å². The summed E-state index contributed by atoms with van der Waals surface area (Å²) in [7, 11) is -3.52. The Kier molecular flexibility index (Phi) is 5.49. The molecule has 0 saturated carbocycles. The van der Waals surface area contributed by atoms with Crippen LogP contribution < -0.4 is 11.1 Å². The molecule has 9 heteroatoms. The Morgan fingerprint density at radius 1 is 1.30 bits per heavy atom. The van der Waals surface area contributed by atoms with E-state index in [9.17, 15) is 22.8 Å². The van der Waals surface area contributed by atoms with Crippen LogP contribution in [0.4, 0.5) is 0 Å². The molecule has 0 bridgehead atoms. The zero-order valence-electron chi connectivity index (χ0n) is 10.9. The van der Waals surface area contributed by atoms with Gasteiger partial charge >= 0.3 is 5.97 Å². The Hall–Kier alpha value is -1.64. The molecular formula is C11H18N2O6S. The standard InChI is InChI=1S/C11H18N2O6S/c12-9(14)5-4-7(11(16)17)13-10(15)8-3-1-2-6-20(8,18)19/h7-8H,1-6H2,(H2,12,14)(H,13,15)(H,16,17). The Morgan fingerprint density at radius 2 is 1.95 bits per heavy atom. The monoisotopic (exact) mass is 306 g/mol. The first kappa shape index (κ1) is 16.4. The Bertz CT molecular complexity index is 501. The van der Waals surface area contributed by atoms with Crippen LogP contribution in [0, 0.1) is 0 Å². The fourth-order valence-corrected chi connectivity index (χ4v) is 3.87. The van der Waals surface area contributed by atoms with Crippen molar-refractivity contribution in [3.63, 3.8) is 0 Å². The molecule has 2 atom stereocenters. The van der Waals surface area contributed by atoms with Crippen LogP contribution >= 0.6 is 0 Å². The molecule has 4 N–H and O–H groups in total. The van der Waals surface area contributed by atoms with Gasteiger partial charge in [-0.05, 0) is 19.3 Å². The number of carboxylic acids is 1. The first-order valence-electron chi connectivity index (χ1n) is 6.27. The molecule has 0 aromatic heterocycles. The molecule has 1 heterocycles. The summed E-state index contributed by atoms with van der Waals surface area (Å²) in [6.45, 7) is 0. The van der Waals surface area contributed by atoms with E-state index >= 15 is 0 Å². The van der Waals surface area contributed by atoms with E-state index in [0.717, 1.165) is 0 Å². The highest BCUT2D eigenvalue weighted by molar-refractivity contribution is 7.92. The highest BCUT2D eigenvalue weighted by atomic mass is 32.2. The number of rotatable bonds is 6.